The molecule has 0 amide bonds. The van der Waals surface area contributed by atoms with E-state index in [0.717, 1.165) is 35.6 Å². The maximum Gasteiger partial charge on any atom is 0.320 e. The number of methoxy groups -OCH3 is 1. The fourth-order valence-electron chi connectivity index (χ4n) is 3.36. The zero-order valence-electron chi connectivity index (χ0n) is 13.1. The zero-order valence-corrected chi connectivity index (χ0v) is 14.0. The van der Waals surface area contributed by atoms with E-state index in [4.69, 9.17) is 4.74 Å². The van der Waals surface area contributed by atoms with Gasteiger partial charge in [-0.3, -0.25) is 9.69 Å². The van der Waals surface area contributed by atoms with Gasteiger partial charge in [0.15, 0.2) is 0 Å². The summed E-state index contributed by atoms with van der Waals surface area (Å²) in [5.41, 5.74) is 1.03. The average molecular weight is 331 g/mol. The topological polar surface area (TPSA) is 49.8 Å². The van der Waals surface area contributed by atoms with Crippen LogP contribution in [0.4, 0.5) is 0 Å². The Balaban J connectivity index is 2.07. The Morgan fingerprint density at radius 1 is 1.30 bits per heavy atom. The number of ether oxygens (including phenoxy) is 1. The van der Waals surface area contributed by atoms with Crippen molar-refractivity contribution in [1.82, 2.24) is 4.90 Å². The molecule has 1 N–H and O–H groups in total. The Labute approximate surface area is 140 Å². The SMILES string of the molecule is COc1ccccc1C(c1cccs1)N1CCCCC1C(=O)O. The molecule has 23 heavy (non-hydrogen) atoms. The van der Waals surface area contributed by atoms with Crippen LogP contribution in [-0.2, 0) is 4.79 Å². The first kappa shape index (κ1) is 16.0. The summed E-state index contributed by atoms with van der Waals surface area (Å²) < 4.78 is 5.54. The van der Waals surface area contributed by atoms with Gasteiger partial charge >= 0.3 is 5.97 Å². The van der Waals surface area contributed by atoms with Crippen LogP contribution in [0.2, 0.25) is 0 Å². The van der Waals surface area contributed by atoms with E-state index >= 15 is 0 Å². The Morgan fingerprint density at radius 3 is 2.83 bits per heavy atom. The number of nitrogens with zero attached hydrogens (tertiary/aromatic N) is 1. The van der Waals surface area contributed by atoms with E-state index in [1.165, 1.54) is 0 Å². The summed E-state index contributed by atoms with van der Waals surface area (Å²) in [5.74, 6) is 0.0711. The van der Waals surface area contributed by atoms with E-state index in [0.29, 0.717) is 6.42 Å². The van der Waals surface area contributed by atoms with Crippen LogP contribution in [0.25, 0.3) is 0 Å². The number of hydrogen-bond acceptors (Lipinski definition) is 4. The Hall–Kier alpha value is -1.85. The lowest BCUT2D eigenvalue weighted by Crippen LogP contribution is -2.46. The van der Waals surface area contributed by atoms with Gasteiger partial charge < -0.3 is 9.84 Å². The second-order valence-corrected chi connectivity index (χ2v) is 6.73. The molecule has 122 valence electrons. The molecule has 1 saturated heterocycles. The predicted octanol–water partition coefficient (Wildman–Crippen LogP) is 3.79. The molecule has 0 aliphatic carbocycles. The summed E-state index contributed by atoms with van der Waals surface area (Å²) in [7, 11) is 1.66. The lowest BCUT2D eigenvalue weighted by molar-refractivity contribution is -0.145. The minimum atomic E-state index is -0.735. The van der Waals surface area contributed by atoms with Gasteiger partial charge in [-0.25, -0.2) is 0 Å². The number of hydrogen-bond donors (Lipinski definition) is 1. The molecule has 1 aliphatic heterocycles. The molecule has 1 aromatic heterocycles. The van der Waals surface area contributed by atoms with E-state index in [9.17, 15) is 9.90 Å². The summed E-state index contributed by atoms with van der Waals surface area (Å²) in [5, 5.41) is 11.7. The molecular weight excluding hydrogens is 310 g/mol. The van der Waals surface area contributed by atoms with Gasteiger partial charge in [-0.15, -0.1) is 11.3 Å². The molecule has 1 aliphatic rings. The molecular formula is C18H21NO3S. The number of rotatable bonds is 5. The van der Waals surface area contributed by atoms with Crippen LogP contribution in [-0.4, -0.2) is 35.7 Å². The van der Waals surface area contributed by atoms with Crippen LogP contribution in [0.5, 0.6) is 5.75 Å². The van der Waals surface area contributed by atoms with Gasteiger partial charge in [-0.05, 0) is 36.9 Å². The average Bonchev–Trinajstić information content (AvgIpc) is 3.10. The van der Waals surface area contributed by atoms with Crippen molar-refractivity contribution in [3.05, 3.63) is 52.2 Å². The Bertz CT molecular complexity index is 656. The fourth-order valence-corrected chi connectivity index (χ4v) is 4.23. The van der Waals surface area contributed by atoms with E-state index in [1.54, 1.807) is 18.4 Å². The molecule has 1 aromatic carbocycles. The molecule has 2 unspecified atom stereocenters. The van der Waals surface area contributed by atoms with Gasteiger partial charge in [-0.1, -0.05) is 30.7 Å². The monoisotopic (exact) mass is 331 g/mol. The van der Waals surface area contributed by atoms with Gasteiger partial charge in [0.1, 0.15) is 11.8 Å². The number of para-hydroxylation sites is 1. The first-order chi connectivity index (χ1) is 11.2. The van der Waals surface area contributed by atoms with Crippen molar-refractivity contribution in [3.63, 3.8) is 0 Å². The molecule has 4 nitrogen and oxygen atoms in total. The highest BCUT2D eigenvalue weighted by molar-refractivity contribution is 7.10. The van der Waals surface area contributed by atoms with Crippen LogP contribution in [0, 0.1) is 0 Å². The predicted molar refractivity (Wildman–Crippen MR) is 91.1 cm³/mol. The highest BCUT2D eigenvalue weighted by Gasteiger charge is 2.36. The number of thiophene rings is 1. The first-order valence-corrected chi connectivity index (χ1v) is 8.75. The lowest BCUT2D eigenvalue weighted by atomic mass is 9.95. The van der Waals surface area contributed by atoms with Crippen molar-refractivity contribution in [3.8, 4) is 5.75 Å². The Morgan fingerprint density at radius 2 is 2.13 bits per heavy atom. The van der Waals surface area contributed by atoms with Crippen molar-refractivity contribution >= 4 is 17.3 Å². The largest absolute Gasteiger partial charge is 0.496 e. The third kappa shape index (κ3) is 3.26. The smallest absolute Gasteiger partial charge is 0.320 e. The van der Waals surface area contributed by atoms with Crippen LogP contribution >= 0.6 is 11.3 Å². The maximum absolute atomic E-state index is 11.8. The van der Waals surface area contributed by atoms with Crippen molar-refractivity contribution in [2.45, 2.75) is 31.3 Å². The summed E-state index contributed by atoms with van der Waals surface area (Å²) in [6.45, 7) is 0.789. The van der Waals surface area contributed by atoms with Gasteiger partial charge in [-0.2, -0.15) is 0 Å². The summed E-state index contributed by atoms with van der Waals surface area (Å²) in [6, 6.07) is 11.5. The number of aliphatic carboxylic acids is 1. The van der Waals surface area contributed by atoms with Crippen LogP contribution < -0.4 is 4.74 Å². The molecule has 0 radical (unpaired) electrons. The zero-order chi connectivity index (χ0) is 16.2. The van der Waals surface area contributed by atoms with Crippen LogP contribution in [0.1, 0.15) is 35.7 Å². The minimum Gasteiger partial charge on any atom is -0.496 e. The van der Waals surface area contributed by atoms with Crippen molar-refractivity contribution < 1.29 is 14.6 Å². The highest BCUT2D eigenvalue weighted by Crippen LogP contribution is 2.39. The number of likely N-dealkylation sites (tertiary alicyclic amines) is 1. The van der Waals surface area contributed by atoms with E-state index in [-0.39, 0.29) is 6.04 Å². The van der Waals surface area contributed by atoms with Crippen LogP contribution in [0.3, 0.4) is 0 Å². The Kier molecular flexibility index (Phi) is 4.98. The van der Waals surface area contributed by atoms with Crippen molar-refractivity contribution in [1.29, 1.82) is 0 Å². The summed E-state index contributed by atoms with van der Waals surface area (Å²) >= 11 is 1.66. The molecule has 0 bridgehead atoms. The molecule has 2 heterocycles. The lowest BCUT2D eigenvalue weighted by Gasteiger charge is -2.39. The van der Waals surface area contributed by atoms with Gasteiger partial charge in [0.2, 0.25) is 0 Å². The second kappa shape index (κ2) is 7.15. The third-order valence-corrected chi connectivity index (χ3v) is 5.33. The third-order valence-electron chi connectivity index (χ3n) is 4.41. The number of carboxylic acids is 1. The van der Waals surface area contributed by atoms with Gasteiger partial charge in [0.05, 0.1) is 13.2 Å². The fraction of sp³-hybridized carbons (Fsp3) is 0.389. The molecule has 0 saturated carbocycles. The first-order valence-electron chi connectivity index (χ1n) is 7.87. The normalized spacial score (nSPS) is 20.1. The quantitative estimate of drug-likeness (QED) is 0.906. The maximum atomic E-state index is 11.8. The molecule has 3 rings (SSSR count). The minimum absolute atomic E-state index is 0.0763. The number of carbonyl (C=O) groups is 1. The second-order valence-electron chi connectivity index (χ2n) is 5.75. The molecule has 1 fully saturated rings. The van der Waals surface area contributed by atoms with E-state index in [2.05, 4.69) is 11.0 Å². The number of carboxylic acid groups (broad SMARTS) is 1. The molecule has 2 atom stereocenters. The summed E-state index contributed by atoms with van der Waals surface area (Å²) in [4.78, 5) is 15.0. The van der Waals surface area contributed by atoms with E-state index in [1.807, 2.05) is 35.7 Å². The molecule has 0 spiro atoms. The highest BCUT2D eigenvalue weighted by atomic mass is 32.1. The van der Waals surface area contributed by atoms with Gasteiger partial charge in [0, 0.05) is 10.4 Å². The number of piperidine rings is 1. The molecule has 2 aromatic rings. The standard InChI is InChI=1S/C18H21NO3S/c1-22-15-9-3-2-7-13(15)17(16-10-6-12-23-16)19-11-5-4-8-14(19)18(20)21/h2-3,6-7,9-10,12,14,17H,4-5,8,11H2,1H3,(H,20,21). The van der Waals surface area contributed by atoms with Crippen LogP contribution in [0.15, 0.2) is 41.8 Å². The van der Waals surface area contributed by atoms with Crippen molar-refractivity contribution in [2.24, 2.45) is 0 Å². The summed E-state index contributed by atoms with van der Waals surface area (Å²) in [6.07, 6.45) is 2.70. The van der Waals surface area contributed by atoms with E-state index < -0.39 is 12.0 Å². The van der Waals surface area contributed by atoms with Gasteiger partial charge in [0.25, 0.3) is 0 Å². The molecule has 5 heteroatoms. The van der Waals surface area contributed by atoms with Crippen molar-refractivity contribution in [2.75, 3.05) is 13.7 Å². The number of benzene rings is 1.